The Hall–Kier alpha value is -3.82. The molecule has 9 heteroatoms. The van der Waals surface area contributed by atoms with Crippen LogP contribution >= 0.6 is 11.3 Å². The molecule has 0 radical (unpaired) electrons. The molecule has 3 aromatic heterocycles. The van der Waals surface area contributed by atoms with Crippen molar-refractivity contribution in [3.63, 3.8) is 0 Å². The van der Waals surface area contributed by atoms with E-state index in [-0.39, 0.29) is 18.0 Å². The maximum atomic E-state index is 13.5. The highest BCUT2D eigenvalue weighted by molar-refractivity contribution is 7.21. The summed E-state index contributed by atoms with van der Waals surface area (Å²) in [6.07, 6.45) is 5.37. The minimum absolute atomic E-state index is 0.0766. The van der Waals surface area contributed by atoms with Crippen LogP contribution in [0.4, 0.5) is 21.9 Å². The Labute approximate surface area is 206 Å². The second-order valence-electron chi connectivity index (χ2n) is 8.77. The molecule has 6 rings (SSSR count). The van der Waals surface area contributed by atoms with Gasteiger partial charge < -0.3 is 16.0 Å². The van der Waals surface area contributed by atoms with E-state index < -0.39 is 0 Å². The number of carbonyl (C=O) groups excluding carboxylic acids is 2. The zero-order valence-corrected chi connectivity index (χ0v) is 20.0. The Bertz CT molecular complexity index is 1450. The molecular formula is C26H24N6O2S. The van der Waals surface area contributed by atoms with E-state index in [0.29, 0.717) is 21.1 Å². The fourth-order valence-electron chi connectivity index (χ4n) is 4.86. The smallest absolute Gasteiger partial charge is 0.331 e. The van der Waals surface area contributed by atoms with Crippen LogP contribution in [0.5, 0.6) is 0 Å². The van der Waals surface area contributed by atoms with Gasteiger partial charge in [0.1, 0.15) is 9.71 Å². The van der Waals surface area contributed by atoms with E-state index in [2.05, 4.69) is 25.9 Å². The van der Waals surface area contributed by atoms with Gasteiger partial charge in [0.15, 0.2) is 0 Å². The first-order chi connectivity index (χ1) is 17.1. The lowest BCUT2D eigenvalue weighted by molar-refractivity contribution is 0.0935. The van der Waals surface area contributed by atoms with Gasteiger partial charge >= 0.3 is 6.03 Å². The summed E-state index contributed by atoms with van der Waals surface area (Å²) < 4.78 is 0. The second kappa shape index (κ2) is 8.75. The number of piperidine rings is 1. The van der Waals surface area contributed by atoms with Crippen molar-refractivity contribution in [3.05, 3.63) is 65.3 Å². The number of urea groups is 1. The van der Waals surface area contributed by atoms with Gasteiger partial charge in [-0.3, -0.25) is 14.7 Å². The third kappa shape index (κ3) is 3.73. The second-order valence-corrected chi connectivity index (χ2v) is 9.77. The minimum Gasteiger partial charge on any atom is -0.347 e. The van der Waals surface area contributed by atoms with Gasteiger partial charge in [-0.15, -0.1) is 11.3 Å². The Balaban J connectivity index is 1.43. The fourth-order valence-corrected chi connectivity index (χ4v) is 5.89. The van der Waals surface area contributed by atoms with Crippen molar-refractivity contribution >= 4 is 50.6 Å². The van der Waals surface area contributed by atoms with E-state index in [9.17, 15) is 9.59 Å². The van der Waals surface area contributed by atoms with E-state index in [1.807, 2.05) is 49.4 Å². The van der Waals surface area contributed by atoms with Gasteiger partial charge in [-0.25, -0.2) is 9.78 Å². The molecule has 0 aliphatic carbocycles. The molecule has 2 aliphatic heterocycles. The lowest BCUT2D eigenvalue weighted by Crippen LogP contribution is -2.45. The minimum atomic E-state index is -0.315. The van der Waals surface area contributed by atoms with Crippen LogP contribution in [0.1, 0.15) is 28.1 Å². The molecule has 1 fully saturated rings. The number of anilines is 3. The van der Waals surface area contributed by atoms with Crippen molar-refractivity contribution < 1.29 is 9.59 Å². The highest BCUT2D eigenvalue weighted by Gasteiger charge is 2.34. The van der Waals surface area contributed by atoms with Crippen molar-refractivity contribution in [3.8, 4) is 11.3 Å². The van der Waals surface area contributed by atoms with Crippen LogP contribution in [-0.4, -0.2) is 41.0 Å². The molecule has 1 aromatic carbocycles. The number of nitrogens with one attached hydrogen (secondary N) is 3. The zero-order chi connectivity index (χ0) is 23.9. The highest BCUT2D eigenvalue weighted by atomic mass is 32.1. The number of nitrogens with zero attached hydrogens (tertiary/aromatic N) is 3. The predicted molar refractivity (Wildman–Crippen MR) is 139 cm³/mol. The summed E-state index contributed by atoms with van der Waals surface area (Å²) in [5.41, 5.74) is 4.66. The molecule has 0 unspecified atom stereocenters. The van der Waals surface area contributed by atoms with Crippen molar-refractivity contribution in [1.82, 2.24) is 20.6 Å². The first-order valence-electron chi connectivity index (χ1n) is 11.7. The average Bonchev–Trinajstić information content (AvgIpc) is 3.25. The maximum Gasteiger partial charge on any atom is 0.331 e. The summed E-state index contributed by atoms with van der Waals surface area (Å²) in [5.74, 6) is -0.178. The summed E-state index contributed by atoms with van der Waals surface area (Å²) >= 11 is 1.31. The predicted octanol–water partition coefficient (Wildman–Crippen LogP) is 4.83. The molecule has 0 bridgehead atoms. The molecule has 35 heavy (non-hydrogen) atoms. The number of amides is 3. The molecular weight excluding hydrogens is 460 g/mol. The molecule has 1 atom stereocenters. The van der Waals surface area contributed by atoms with Gasteiger partial charge in [-0.05, 0) is 44.0 Å². The Kier molecular flexibility index (Phi) is 5.43. The summed E-state index contributed by atoms with van der Waals surface area (Å²) in [4.78, 5) is 38.6. The molecule has 4 aromatic rings. The van der Waals surface area contributed by atoms with Crippen LogP contribution < -0.4 is 20.9 Å². The third-order valence-corrected chi connectivity index (χ3v) is 7.64. The largest absolute Gasteiger partial charge is 0.347 e. The molecule has 176 valence electrons. The number of benzene rings is 1. The van der Waals surface area contributed by atoms with E-state index in [1.165, 1.54) is 11.3 Å². The summed E-state index contributed by atoms with van der Waals surface area (Å²) in [5, 5.41) is 10.2. The van der Waals surface area contributed by atoms with Crippen molar-refractivity contribution in [2.45, 2.75) is 25.8 Å². The number of hydrogen-bond donors (Lipinski definition) is 3. The van der Waals surface area contributed by atoms with Gasteiger partial charge in [0.25, 0.3) is 5.91 Å². The van der Waals surface area contributed by atoms with Crippen LogP contribution in [0.3, 0.4) is 0 Å². The maximum absolute atomic E-state index is 13.5. The molecule has 2 aliphatic rings. The number of hydrogen-bond acceptors (Lipinski definition) is 6. The number of carbonyl (C=O) groups is 2. The van der Waals surface area contributed by atoms with E-state index in [0.717, 1.165) is 53.8 Å². The Morgan fingerprint density at radius 2 is 1.91 bits per heavy atom. The van der Waals surface area contributed by atoms with Gasteiger partial charge in [-0.2, -0.15) is 0 Å². The topological polar surface area (TPSA) is 99.2 Å². The quantitative estimate of drug-likeness (QED) is 0.385. The molecule has 3 N–H and O–H groups in total. The molecule has 1 saturated heterocycles. The van der Waals surface area contributed by atoms with Crippen LogP contribution in [0.2, 0.25) is 0 Å². The zero-order valence-electron chi connectivity index (χ0n) is 19.2. The third-order valence-electron chi connectivity index (χ3n) is 6.55. The lowest BCUT2D eigenvalue weighted by atomic mass is 10.0. The molecule has 0 spiro atoms. The van der Waals surface area contributed by atoms with E-state index in [1.54, 1.807) is 17.3 Å². The highest BCUT2D eigenvalue weighted by Crippen LogP contribution is 2.46. The van der Waals surface area contributed by atoms with Crippen molar-refractivity contribution in [2.24, 2.45) is 0 Å². The van der Waals surface area contributed by atoms with Crippen LogP contribution in [0.25, 0.3) is 21.5 Å². The van der Waals surface area contributed by atoms with Crippen molar-refractivity contribution in [2.75, 3.05) is 23.3 Å². The van der Waals surface area contributed by atoms with Gasteiger partial charge in [0.05, 0.1) is 28.1 Å². The van der Waals surface area contributed by atoms with Crippen LogP contribution in [0, 0.1) is 6.92 Å². The lowest BCUT2D eigenvalue weighted by Gasteiger charge is -2.30. The molecule has 5 heterocycles. The number of thiophene rings is 1. The summed E-state index contributed by atoms with van der Waals surface area (Å²) in [7, 11) is 0. The van der Waals surface area contributed by atoms with Crippen molar-refractivity contribution in [1.29, 1.82) is 0 Å². The van der Waals surface area contributed by atoms with E-state index >= 15 is 0 Å². The number of aromatic nitrogens is 2. The molecule has 8 nitrogen and oxygen atoms in total. The molecule has 0 saturated carbocycles. The summed E-state index contributed by atoms with van der Waals surface area (Å²) in [6, 6.07) is 13.3. The van der Waals surface area contributed by atoms with Gasteiger partial charge in [0.2, 0.25) is 0 Å². The van der Waals surface area contributed by atoms with Crippen LogP contribution in [-0.2, 0) is 0 Å². The van der Waals surface area contributed by atoms with Gasteiger partial charge in [-0.1, -0.05) is 30.3 Å². The first kappa shape index (κ1) is 21.7. The fraction of sp³-hybridized carbons (Fsp3) is 0.231. The monoisotopic (exact) mass is 484 g/mol. The summed E-state index contributed by atoms with van der Waals surface area (Å²) in [6.45, 7) is 3.69. The molecule has 3 amide bonds. The van der Waals surface area contributed by atoms with Gasteiger partial charge in [0, 0.05) is 30.5 Å². The SMILES string of the molecule is Cc1c(N2C(=O)Nc3c(C(=O)N[C@@H]4CCCNC4)sc4nccc2c34)ccnc1-c1ccccc1. The average molecular weight is 485 g/mol. The standard InChI is InChI=1S/C26H24N6O2S/c1-15-18(9-12-28-21(15)16-6-3-2-4-7-16)32-19-10-13-29-25-20(19)22(31-26(32)34)23(35-25)24(33)30-17-8-5-11-27-14-17/h2-4,6-7,9-10,12-13,17,27H,5,8,11,14H2,1H3,(H,30,33)(H,31,34)/t17-/m1/s1. The van der Waals surface area contributed by atoms with Crippen LogP contribution in [0.15, 0.2) is 54.9 Å². The normalized spacial score (nSPS) is 17.3. The number of rotatable bonds is 4. The Morgan fingerprint density at radius 3 is 2.71 bits per heavy atom. The van der Waals surface area contributed by atoms with E-state index in [4.69, 9.17) is 0 Å². The Morgan fingerprint density at radius 1 is 1.11 bits per heavy atom. The number of pyridine rings is 2. The first-order valence-corrected chi connectivity index (χ1v) is 12.5.